The maximum atomic E-state index is 13.4. The van der Waals surface area contributed by atoms with Gasteiger partial charge in [-0.15, -0.1) is 11.3 Å². The number of nitrogens with one attached hydrogen (secondary N) is 2. The number of pyridine rings is 1. The molecule has 0 bridgehead atoms. The highest BCUT2D eigenvalue weighted by atomic mass is 32.1. The van der Waals surface area contributed by atoms with Crippen LogP contribution in [0.4, 0.5) is 16.5 Å². The first-order valence-corrected chi connectivity index (χ1v) is 14.2. The highest BCUT2D eigenvalue weighted by Gasteiger charge is 2.32. The zero-order chi connectivity index (χ0) is 27.9. The van der Waals surface area contributed by atoms with Crippen LogP contribution in [0, 0.1) is 0 Å². The van der Waals surface area contributed by atoms with Gasteiger partial charge in [0.2, 0.25) is 0 Å². The fourth-order valence-electron chi connectivity index (χ4n) is 4.85. The quantitative estimate of drug-likeness (QED) is 0.319. The number of anilines is 3. The van der Waals surface area contributed by atoms with E-state index in [0.717, 1.165) is 61.6 Å². The van der Waals surface area contributed by atoms with Gasteiger partial charge in [-0.25, -0.2) is 4.98 Å². The summed E-state index contributed by atoms with van der Waals surface area (Å²) < 4.78 is 16.3. The molecule has 0 radical (unpaired) electrons. The molecule has 3 aromatic rings. The Kier molecular flexibility index (Phi) is 9.22. The van der Waals surface area contributed by atoms with Gasteiger partial charge in [-0.1, -0.05) is 0 Å². The third-order valence-corrected chi connectivity index (χ3v) is 7.75. The molecule has 2 aromatic heterocycles. The predicted octanol–water partition coefficient (Wildman–Crippen LogP) is 2.96. The molecule has 0 aliphatic carbocycles. The van der Waals surface area contributed by atoms with Gasteiger partial charge in [0.15, 0.2) is 5.13 Å². The molecule has 1 aromatic carbocycles. The van der Waals surface area contributed by atoms with Crippen LogP contribution in [0.5, 0.6) is 5.75 Å². The first kappa shape index (κ1) is 28.0. The average molecular weight is 567 g/mol. The smallest absolute Gasteiger partial charge is 0.275 e. The molecular weight excluding hydrogens is 532 g/mol. The Morgan fingerprint density at radius 2 is 1.98 bits per heavy atom. The van der Waals surface area contributed by atoms with E-state index in [1.165, 1.54) is 11.3 Å². The van der Waals surface area contributed by atoms with E-state index in [4.69, 9.17) is 14.2 Å². The molecule has 2 amide bonds. The van der Waals surface area contributed by atoms with Gasteiger partial charge in [0, 0.05) is 64.1 Å². The molecule has 0 saturated carbocycles. The molecule has 0 spiro atoms. The van der Waals surface area contributed by atoms with Crippen LogP contribution < -0.4 is 25.2 Å². The lowest BCUT2D eigenvalue weighted by molar-refractivity contribution is 0.0991. The van der Waals surface area contributed by atoms with Crippen molar-refractivity contribution < 1.29 is 23.8 Å². The second-order valence-corrected chi connectivity index (χ2v) is 10.4. The number of hydrogen-bond acceptors (Lipinski definition) is 10. The van der Waals surface area contributed by atoms with Crippen molar-refractivity contribution in [1.29, 1.82) is 0 Å². The van der Waals surface area contributed by atoms with Crippen molar-refractivity contribution in [3.8, 4) is 5.75 Å². The molecule has 2 N–H and O–H groups in total. The van der Waals surface area contributed by atoms with Crippen molar-refractivity contribution in [2.24, 2.45) is 0 Å². The Bertz CT molecular complexity index is 1340. The Hall–Kier alpha value is -3.58. The number of nitrogens with zero attached hydrogens (tertiary/aromatic N) is 4. The van der Waals surface area contributed by atoms with E-state index in [-0.39, 0.29) is 17.5 Å². The van der Waals surface area contributed by atoms with E-state index in [1.807, 2.05) is 18.2 Å². The number of hydrogen-bond donors (Lipinski definition) is 2. The Balaban J connectivity index is 1.31. The van der Waals surface area contributed by atoms with Crippen molar-refractivity contribution in [1.82, 2.24) is 15.3 Å². The van der Waals surface area contributed by atoms with Gasteiger partial charge in [0.1, 0.15) is 18.1 Å². The predicted molar refractivity (Wildman–Crippen MR) is 154 cm³/mol. The fourth-order valence-corrected chi connectivity index (χ4v) is 5.66. The van der Waals surface area contributed by atoms with Crippen molar-refractivity contribution in [2.45, 2.75) is 19.4 Å². The minimum absolute atomic E-state index is 0.138. The lowest BCUT2D eigenvalue weighted by Crippen LogP contribution is -2.43. The number of thiazole rings is 1. The molecular formula is C28H34N6O5S. The summed E-state index contributed by atoms with van der Waals surface area (Å²) in [6.45, 7) is 5.32. The van der Waals surface area contributed by atoms with Gasteiger partial charge in [-0.05, 0) is 42.2 Å². The summed E-state index contributed by atoms with van der Waals surface area (Å²) in [5.41, 5.74) is 4.26. The summed E-state index contributed by atoms with van der Waals surface area (Å²) in [6, 6.07) is 5.76. The highest BCUT2D eigenvalue weighted by Crippen LogP contribution is 2.35. The topological polar surface area (TPSA) is 118 Å². The van der Waals surface area contributed by atoms with E-state index in [2.05, 4.69) is 25.5 Å². The minimum atomic E-state index is -0.342. The third kappa shape index (κ3) is 6.25. The molecule has 2 aliphatic heterocycles. The van der Waals surface area contributed by atoms with Crippen molar-refractivity contribution in [3.05, 3.63) is 58.4 Å². The number of carbonyl (C=O) groups is 2. The Labute approximate surface area is 237 Å². The molecule has 212 valence electrons. The number of methoxy groups -OCH3 is 2. The number of rotatable bonds is 12. The zero-order valence-corrected chi connectivity index (χ0v) is 23.6. The normalized spacial score (nSPS) is 14.9. The average Bonchev–Trinajstić information content (AvgIpc) is 3.59. The van der Waals surface area contributed by atoms with Crippen LogP contribution in [-0.4, -0.2) is 82.0 Å². The van der Waals surface area contributed by atoms with Crippen molar-refractivity contribution >= 4 is 39.7 Å². The first-order valence-electron chi connectivity index (χ1n) is 13.3. The monoisotopic (exact) mass is 566 g/mol. The number of carbonyl (C=O) groups excluding carboxylic acids is 2. The lowest BCUT2D eigenvalue weighted by atomic mass is 10.0. The summed E-state index contributed by atoms with van der Waals surface area (Å²) in [7, 11) is 3.30. The molecule has 0 unspecified atom stereocenters. The van der Waals surface area contributed by atoms with Crippen molar-refractivity contribution in [2.75, 3.05) is 75.3 Å². The van der Waals surface area contributed by atoms with Crippen LogP contribution in [0.25, 0.3) is 0 Å². The number of fused-ring (bicyclic) bond motifs is 1. The zero-order valence-electron chi connectivity index (χ0n) is 22.8. The molecule has 40 heavy (non-hydrogen) atoms. The standard InChI is InChI=1S/C28H34N6O5S/c1-37-11-3-4-19-14-21-20(15-25(19)39-13-12-38-2)17-34(27(21)36)28-32-23(18-40-28)26(35)31-22-16-30-6-5-24(22)33-9-7-29-8-10-33/h5-6,14-16,18,29H,3-4,7-13,17H2,1-2H3,(H,31,35). The lowest BCUT2D eigenvalue weighted by Gasteiger charge is -2.30. The van der Waals surface area contributed by atoms with Gasteiger partial charge < -0.3 is 29.7 Å². The Morgan fingerprint density at radius 1 is 1.15 bits per heavy atom. The van der Waals surface area contributed by atoms with Crippen LogP contribution in [0.15, 0.2) is 36.0 Å². The van der Waals surface area contributed by atoms with Crippen LogP contribution >= 0.6 is 11.3 Å². The summed E-state index contributed by atoms with van der Waals surface area (Å²) in [6.07, 6.45) is 4.91. The van der Waals surface area contributed by atoms with Crippen LogP contribution in [0.1, 0.15) is 38.4 Å². The van der Waals surface area contributed by atoms with Gasteiger partial charge in [0.05, 0.1) is 30.7 Å². The number of amides is 2. The molecule has 1 saturated heterocycles. The molecule has 1 fully saturated rings. The van der Waals surface area contributed by atoms with Crippen LogP contribution in [0.3, 0.4) is 0 Å². The van der Waals surface area contributed by atoms with E-state index in [9.17, 15) is 9.59 Å². The first-order chi connectivity index (χ1) is 19.6. The molecule has 0 atom stereocenters. The number of aromatic nitrogens is 2. The number of piperazine rings is 1. The number of benzene rings is 1. The van der Waals surface area contributed by atoms with E-state index < -0.39 is 0 Å². The number of ether oxygens (including phenoxy) is 3. The Morgan fingerprint density at radius 3 is 2.77 bits per heavy atom. The van der Waals surface area contributed by atoms with Crippen LogP contribution in [0.2, 0.25) is 0 Å². The summed E-state index contributed by atoms with van der Waals surface area (Å²) in [5, 5.41) is 8.45. The minimum Gasteiger partial charge on any atom is -0.491 e. The van der Waals surface area contributed by atoms with Crippen LogP contribution in [-0.2, 0) is 22.4 Å². The molecule has 2 aliphatic rings. The summed E-state index contributed by atoms with van der Waals surface area (Å²) in [5.74, 6) is 0.267. The molecule has 4 heterocycles. The largest absolute Gasteiger partial charge is 0.491 e. The second kappa shape index (κ2) is 13.2. The summed E-state index contributed by atoms with van der Waals surface area (Å²) >= 11 is 1.27. The van der Waals surface area contributed by atoms with Gasteiger partial charge in [-0.2, -0.15) is 0 Å². The maximum Gasteiger partial charge on any atom is 0.275 e. The fraction of sp³-hybridized carbons (Fsp3) is 0.429. The van der Waals surface area contributed by atoms with Gasteiger partial charge >= 0.3 is 0 Å². The third-order valence-electron chi connectivity index (χ3n) is 6.89. The SMILES string of the molecule is COCCCc1cc2c(cc1OCCOC)CN(c1nc(C(=O)Nc3cnccc3N3CCNCC3)cs1)C2=O. The maximum absolute atomic E-state index is 13.4. The van der Waals surface area contributed by atoms with Gasteiger partial charge in [0.25, 0.3) is 11.8 Å². The second-order valence-electron chi connectivity index (χ2n) is 9.55. The van der Waals surface area contributed by atoms with E-state index >= 15 is 0 Å². The molecule has 5 rings (SSSR count). The van der Waals surface area contributed by atoms with E-state index in [0.29, 0.717) is 42.7 Å². The molecule has 11 nitrogen and oxygen atoms in total. The van der Waals surface area contributed by atoms with Gasteiger partial charge in [-0.3, -0.25) is 19.5 Å². The summed E-state index contributed by atoms with van der Waals surface area (Å²) in [4.78, 5) is 39.1. The van der Waals surface area contributed by atoms with Crippen molar-refractivity contribution in [3.63, 3.8) is 0 Å². The molecule has 12 heteroatoms. The number of aryl methyl sites for hydroxylation is 1. The van der Waals surface area contributed by atoms with E-state index in [1.54, 1.807) is 36.9 Å². The highest BCUT2D eigenvalue weighted by molar-refractivity contribution is 7.14.